The van der Waals surface area contributed by atoms with Crippen LogP contribution in [0.4, 0.5) is 5.82 Å². The van der Waals surface area contributed by atoms with Crippen molar-refractivity contribution in [2.45, 2.75) is 6.54 Å². The number of oxazole rings is 1. The number of fused-ring (bicyclic) bond motifs is 3. The van der Waals surface area contributed by atoms with Crippen LogP contribution < -0.4 is 11.1 Å². The fourth-order valence-corrected chi connectivity index (χ4v) is 3.24. The number of rotatable bonds is 5. The minimum Gasteiger partial charge on any atom is -0.451 e. The van der Waals surface area contributed by atoms with Gasteiger partial charge in [0.15, 0.2) is 17.9 Å². The van der Waals surface area contributed by atoms with Gasteiger partial charge < -0.3 is 15.5 Å². The zero-order valence-electron chi connectivity index (χ0n) is 15.2. The second kappa shape index (κ2) is 6.75. The van der Waals surface area contributed by atoms with Crippen molar-refractivity contribution in [3.63, 3.8) is 0 Å². The van der Waals surface area contributed by atoms with E-state index >= 15 is 0 Å². The van der Waals surface area contributed by atoms with E-state index in [0.29, 0.717) is 24.4 Å². The molecule has 10 nitrogen and oxygen atoms in total. The van der Waals surface area contributed by atoms with Crippen molar-refractivity contribution in [3.8, 4) is 11.3 Å². The van der Waals surface area contributed by atoms with Gasteiger partial charge in [-0.15, -0.1) is 0 Å². The van der Waals surface area contributed by atoms with Gasteiger partial charge in [0.05, 0.1) is 17.8 Å². The molecule has 4 N–H and O–H groups in total. The number of nitrogens with one attached hydrogen (secondary N) is 2. The molecule has 0 radical (unpaired) electrons. The fraction of sp³-hybridized carbons (Fsp3) is 0.105. The lowest BCUT2D eigenvalue weighted by molar-refractivity contribution is 0.0947. The number of hydrogen-bond acceptors (Lipinski definition) is 7. The molecule has 29 heavy (non-hydrogen) atoms. The van der Waals surface area contributed by atoms with Crippen molar-refractivity contribution in [2.24, 2.45) is 0 Å². The molecular weight excluding hydrogens is 372 g/mol. The highest BCUT2D eigenvalue weighted by atomic mass is 16.3. The molecule has 4 heterocycles. The van der Waals surface area contributed by atoms with E-state index in [-0.39, 0.29) is 11.6 Å². The molecule has 0 aliphatic carbocycles. The Balaban J connectivity index is 1.42. The Kier molecular flexibility index (Phi) is 3.94. The third kappa shape index (κ3) is 3.06. The molecule has 0 saturated carbocycles. The summed E-state index contributed by atoms with van der Waals surface area (Å²) in [5.41, 5.74) is 9.58. The summed E-state index contributed by atoms with van der Waals surface area (Å²) in [6.45, 7) is 0.860. The second-order valence-corrected chi connectivity index (χ2v) is 6.47. The number of pyridine rings is 1. The number of nitrogens with two attached hydrogens (primary N) is 1. The maximum Gasteiger partial charge on any atom is 0.273 e. The summed E-state index contributed by atoms with van der Waals surface area (Å²) in [7, 11) is 0. The van der Waals surface area contributed by atoms with Crippen molar-refractivity contribution in [3.05, 3.63) is 55.0 Å². The molecule has 0 saturated heterocycles. The van der Waals surface area contributed by atoms with Gasteiger partial charge >= 0.3 is 0 Å². The van der Waals surface area contributed by atoms with Crippen molar-refractivity contribution in [1.29, 1.82) is 0 Å². The van der Waals surface area contributed by atoms with E-state index in [1.807, 2.05) is 30.5 Å². The number of amides is 1. The first-order valence-electron chi connectivity index (χ1n) is 8.92. The highest BCUT2D eigenvalue weighted by molar-refractivity contribution is 6.08. The summed E-state index contributed by atoms with van der Waals surface area (Å²) in [5, 5.41) is 16.2. The highest BCUT2D eigenvalue weighted by Crippen LogP contribution is 2.29. The molecule has 0 aliphatic heterocycles. The van der Waals surface area contributed by atoms with E-state index in [0.717, 1.165) is 27.5 Å². The monoisotopic (exact) mass is 388 g/mol. The summed E-state index contributed by atoms with van der Waals surface area (Å²) in [6, 6.07) is 7.84. The van der Waals surface area contributed by atoms with Gasteiger partial charge in [0.25, 0.3) is 5.91 Å². The smallest absolute Gasteiger partial charge is 0.273 e. The summed E-state index contributed by atoms with van der Waals surface area (Å²) in [6.07, 6.45) is 6.20. The van der Waals surface area contributed by atoms with E-state index in [1.54, 1.807) is 10.9 Å². The normalized spacial score (nSPS) is 11.3. The van der Waals surface area contributed by atoms with Gasteiger partial charge in [0, 0.05) is 35.3 Å². The molecule has 0 fully saturated rings. The quantitative estimate of drug-likeness (QED) is 0.418. The zero-order chi connectivity index (χ0) is 19.8. The van der Waals surface area contributed by atoms with Crippen LogP contribution in [0, 0.1) is 0 Å². The van der Waals surface area contributed by atoms with Gasteiger partial charge in [-0.1, -0.05) is 12.1 Å². The van der Waals surface area contributed by atoms with Crippen LogP contribution in [0.25, 0.3) is 33.1 Å². The lowest BCUT2D eigenvalue weighted by Crippen LogP contribution is -2.27. The van der Waals surface area contributed by atoms with Gasteiger partial charge in [-0.2, -0.15) is 10.2 Å². The SMILES string of the molecule is Nc1nc2cc(-c3cc[nH]n3)ccc2c2cn(CCNC(=O)c3cocn3)nc12. The van der Waals surface area contributed by atoms with Gasteiger partial charge in [-0.3, -0.25) is 14.6 Å². The van der Waals surface area contributed by atoms with E-state index in [4.69, 9.17) is 10.2 Å². The highest BCUT2D eigenvalue weighted by Gasteiger charge is 2.13. The minimum absolute atomic E-state index is 0.239. The van der Waals surface area contributed by atoms with E-state index in [2.05, 4.69) is 30.6 Å². The number of nitrogen functional groups attached to an aromatic ring is 1. The average molecular weight is 388 g/mol. The van der Waals surface area contributed by atoms with Gasteiger partial charge in [-0.25, -0.2) is 9.97 Å². The second-order valence-electron chi connectivity index (χ2n) is 6.47. The largest absolute Gasteiger partial charge is 0.451 e. The number of carbonyl (C=O) groups excluding carboxylic acids is 1. The molecule has 5 aromatic rings. The Morgan fingerprint density at radius 2 is 2.21 bits per heavy atom. The summed E-state index contributed by atoms with van der Waals surface area (Å²) in [4.78, 5) is 20.2. The summed E-state index contributed by atoms with van der Waals surface area (Å²) >= 11 is 0. The minimum atomic E-state index is -0.298. The zero-order valence-corrected chi connectivity index (χ0v) is 15.2. The molecule has 10 heteroatoms. The number of anilines is 1. The van der Waals surface area contributed by atoms with E-state index in [9.17, 15) is 4.79 Å². The third-order valence-corrected chi connectivity index (χ3v) is 4.62. The molecule has 144 valence electrons. The summed E-state index contributed by atoms with van der Waals surface area (Å²) < 4.78 is 6.55. The molecule has 1 amide bonds. The van der Waals surface area contributed by atoms with Crippen LogP contribution in [0.1, 0.15) is 10.5 Å². The number of aromatic nitrogens is 6. The van der Waals surface area contributed by atoms with Gasteiger partial charge in [-0.05, 0) is 12.1 Å². The lowest BCUT2D eigenvalue weighted by Gasteiger charge is -2.03. The molecule has 0 bridgehead atoms. The van der Waals surface area contributed by atoms with Crippen molar-refractivity contribution in [1.82, 2.24) is 35.3 Å². The Labute approximate surface area is 163 Å². The number of hydrogen-bond donors (Lipinski definition) is 3. The fourth-order valence-electron chi connectivity index (χ4n) is 3.24. The van der Waals surface area contributed by atoms with Crippen LogP contribution in [-0.4, -0.2) is 42.4 Å². The predicted molar refractivity (Wildman–Crippen MR) is 106 cm³/mol. The van der Waals surface area contributed by atoms with Crippen LogP contribution in [0.15, 0.2) is 53.7 Å². The lowest BCUT2D eigenvalue weighted by atomic mass is 10.1. The van der Waals surface area contributed by atoms with Gasteiger partial charge in [0.2, 0.25) is 0 Å². The van der Waals surface area contributed by atoms with E-state index in [1.165, 1.54) is 12.7 Å². The maximum atomic E-state index is 11.9. The first kappa shape index (κ1) is 16.9. The van der Waals surface area contributed by atoms with Crippen LogP contribution >= 0.6 is 0 Å². The average Bonchev–Trinajstić information content (AvgIpc) is 3.48. The Hall–Kier alpha value is -4.21. The van der Waals surface area contributed by atoms with Gasteiger partial charge in [0.1, 0.15) is 11.8 Å². The molecule has 5 rings (SSSR count). The standard InChI is InChI=1S/C19H16N8O2/c20-18-17-13(8-27(26-17)6-5-21-19(28)16-9-29-10-22-16)12-2-1-11(7-15(12)24-18)14-3-4-23-25-14/h1-4,7-10H,5-6H2,(H2,20,24)(H,21,28)(H,23,25). The number of H-pyrrole nitrogens is 1. The molecule has 0 unspecified atom stereocenters. The van der Waals surface area contributed by atoms with Crippen LogP contribution in [0.3, 0.4) is 0 Å². The van der Waals surface area contributed by atoms with Crippen LogP contribution in [0.5, 0.6) is 0 Å². The topological polar surface area (TPSA) is 141 Å². The Morgan fingerprint density at radius 3 is 3.00 bits per heavy atom. The molecular formula is C19H16N8O2. The first-order valence-corrected chi connectivity index (χ1v) is 8.92. The molecule has 1 aromatic carbocycles. The summed E-state index contributed by atoms with van der Waals surface area (Å²) in [5.74, 6) is 0.0602. The van der Waals surface area contributed by atoms with Crippen LogP contribution in [0.2, 0.25) is 0 Å². The van der Waals surface area contributed by atoms with Crippen molar-refractivity contribution < 1.29 is 9.21 Å². The van der Waals surface area contributed by atoms with Crippen molar-refractivity contribution >= 4 is 33.5 Å². The number of carbonyl (C=O) groups is 1. The number of aromatic amines is 1. The molecule has 0 aliphatic rings. The maximum absolute atomic E-state index is 11.9. The third-order valence-electron chi connectivity index (χ3n) is 4.62. The first-order chi connectivity index (χ1) is 14.2. The Bertz CT molecular complexity index is 1310. The predicted octanol–water partition coefficient (Wildman–Crippen LogP) is 1.97. The van der Waals surface area contributed by atoms with Crippen LogP contribution in [-0.2, 0) is 6.54 Å². The molecule has 0 atom stereocenters. The molecule has 0 spiro atoms. The Morgan fingerprint density at radius 1 is 1.28 bits per heavy atom. The molecule has 4 aromatic heterocycles. The number of nitrogens with zero attached hydrogens (tertiary/aromatic N) is 5. The number of benzene rings is 1. The van der Waals surface area contributed by atoms with E-state index < -0.39 is 0 Å². The van der Waals surface area contributed by atoms with Crippen molar-refractivity contribution in [2.75, 3.05) is 12.3 Å².